The highest BCUT2D eigenvalue weighted by Gasteiger charge is 2.19. The van der Waals surface area contributed by atoms with Crippen molar-refractivity contribution in [2.24, 2.45) is 0 Å². The van der Waals surface area contributed by atoms with Crippen LogP contribution in [0.3, 0.4) is 0 Å². The van der Waals surface area contributed by atoms with Crippen molar-refractivity contribution in [1.29, 1.82) is 0 Å². The van der Waals surface area contributed by atoms with Gasteiger partial charge in [-0.05, 0) is 36.5 Å². The molecule has 1 saturated heterocycles. The van der Waals surface area contributed by atoms with E-state index >= 15 is 0 Å². The maximum absolute atomic E-state index is 12.1. The molecule has 2 rings (SSSR count). The van der Waals surface area contributed by atoms with Crippen molar-refractivity contribution in [1.82, 2.24) is 15.1 Å². The minimum absolute atomic E-state index is 0.250. The van der Waals surface area contributed by atoms with E-state index in [1.807, 2.05) is 4.90 Å². The normalized spacial score (nSPS) is 14.5. The topological polar surface area (TPSA) is 61.9 Å². The van der Waals surface area contributed by atoms with Crippen LogP contribution in [0.15, 0.2) is 24.3 Å². The summed E-state index contributed by atoms with van der Waals surface area (Å²) in [5.41, 5.74) is 0.518. The highest BCUT2D eigenvalue weighted by atomic mass is 32.1. The lowest BCUT2D eigenvalue weighted by Gasteiger charge is -2.34. The summed E-state index contributed by atoms with van der Waals surface area (Å²) in [6.45, 7) is 2.48. The molecule has 0 saturated carbocycles. The number of hydrogen-bond acceptors (Lipinski definition) is 4. The summed E-state index contributed by atoms with van der Waals surface area (Å²) >= 11 is 5.24. The van der Waals surface area contributed by atoms with Crippen molar-refractivity contribution < 1.29 is 14.3 Å². The maximum atomic E-state index is 12.1. The Labute approximate surface area is 128 Å². The first-order chi connectivity index (χ1) is 10.1. The predicted molar refractivity (Wildman–Crippen MR) is 82.3 cm³/mol. The largest absolute Gasteiger partial charge is 0.497 e. The second kappa shape index (κ2) is 7.03. The zero-order valence-corrected chi connectivity index (χ0v) is 12.6. The molecule has 0 aliphatic carbocycles. The van der Waals surface area contributed by atoms with Gasteiger partial charge in [0.25, 0.3) is 5.91 Å². The molecule has 0 spiro atoms. The van der Waals surface area contributed by atoms with Gasteiger partial charge in [0, 0.05) is 31.7 Å². The third-order valence-electron chi connectivity index (χ3n) is 3.32. The molecule has 0 unspecified atom stereocenters. The number of amides is 2. The molecule has 6 nitrogen and oxygen atoms in total. The second-order valence-electron chi connectivity index (χ2n) is 4.62. The number of thiocarbonyl (C=S) groups is 1. The Hall–Kier alpha value is -2.15. The first-order valence-corrected chi connectivity index (χ1v) is 6.98. The van der Waals surface area contributed by atoms with Crippen molar-refractivity contribution in [2.75, 3.05) is 33.3 Å². The Balaban J connectivity index is 1.89. The third-order valence-corrected chi connectivity index (χ3v) is 3.68. The molecule has 1 aromatic carbocycles. The molecule has 1 heterocycles. The zero-order chi connectivity index (χ0) is 15.2. The van der Waals surface area contributed by atoms with Crippen LogP contribution in [0.1, 0.15) is 10.4 Å². The summed E-state index contributed by atoms with van der Waals surface area (Å²) in [5.74, 6) is 0.444. The SMILES string of the molecule is COc1ccc(C(=O)NC(=S)N2CCN(C=O)CC2)cc1. The molecule has 1 aromatic rings. The monoisotopic (exact) mass is 307 g/mol. The van der Waals surface area contributed by atoms with E-state index in [-0.39, 0.29) is 5.91 Å². The average molecular weight is 307 g/mol. The van der Waals surface area contributed by atoms with Gasteiger partial charge in [-0.2, -0.15) is 0 Å². The fraction of sp³-hybridized carbons (Fsp3) is 0.357. The Kier molecular flexibility index (Phi) is 5.10. The third kappa shape index (κ3) is 3.91. The Morgan fingerprint density at radius 3 is 2.38 bits per heavy atom. The number of rotatable bonds is 3. The summed E-state index contributed by atoms with van der Waals surface area (Å²) in [5, 5.41) is 3.10. The summed E-state index contributed by atoms with van der Waals surface area (Å²) in [7, 11) is 1.57. The Morgan fingerprint density at radius 1 is 1.24 bits per heavy atom. The van der Waals surface area contributed by atoms with Crippen LogP contribution in [0.4, 0.5) is 0 Å². The van der Waals surface area contributed by atoms with Crippen LogP contribution in [0, 0.1) is 0 Å². The van der Waals surface area contributed by atoms with E-state index in [0.717, 1.165) is 6.41 Å². The number of ether oxygens (including phenoxy) is 1. The summed E-state index contributed by atoms with van der Waals surface area (Å²) in [4.78, 5) is 26.3. The minimum Gasteiger partial charge on any atom is -0.497 e. The molecule has 1 aliphatic heterocycles. The molecule has 0 atom stereocenters. The average Bonchev–Trinajstić information content (AvgIpc) is 2.55. The smallest absolute Gasteiger partial charge is 0.257 e. The fourth-order valence-corrected chi connectivity index (χ4v) is 2.30. The van der Waals surface area contributed by atoms with Gasteiger partial charge in [0.1, 0.15) is 5.75 Å². The molecule has 2 amide bonds. The molecule has 7 heteroatoms. The van der Waals surface area contributed by atoms with Crippen LogP contribution in [-0.4, -0.2) is 60.5 Å². The highest BCUT2D eigenvalue weighted by Crippen LogP contribution is 2.11. The van der Waals surface area contributed by atoms with E-state index in [1.54, 1.807) is 36.3 Å². The van der Waals surface area contributed by atoms with E-state index in [2.05, 4.69) is 5.32 Å². The number of benzene rings is 1. The van der Waals surface area contributed by atoms with Gasteiger partial charge in [0.2, 0.25) is 6.41 Å². The highest BCUT2D eigenvalue weighted by molar-refractivity contribution is 7.80. The molecule has 0 aromatic heterocycles. The van der Waals surface area contributed by atoms with Crippen LogP contribution >= 0.6 is 12.2 Å². The maximum Gasteiger partial charge on any atom is 0.257 e. The number of methoxy groups -OCH3 is 1. The van der Waals surface area contributed by atoms with E-state index in [0.29, 0.717) is 42.6 Å². The molecule has 0 radical (unpaired) electrons. The van der Waals surface area contributed by atoms with Crippen molar-refractivity contribution in [3.8, 4) is 5.75 Å². The van der Waals surface area contributed by atoms with Crippen molar-refractivity contribution in [2.45, 2.75) is 0 Å². The van der Waals surface area contributed by atoms with Gasteiger partial charge in [-0.25, -0.2) is 0 Å². The fourth-order valence-electron chi connectivity index (χ4n) is 2.02. The molecule has 112 valence electrons. The molecule has 0 bridgehead atoms. The number of nitrogens with one attached hydrogen (secondary N) is 1. The lowest BCUT2D eigenvalue weighted by molar-refractivity contribution is -0.119. The van der Waals surface area contributed by atoms with E-state index in [4.69, 9.17) is 17.0 Å². The van der Waals surface area contributed by atoms with Gasteiger partial charge in [-0.1, -0.05) is 0 Å². The van der Waals surface area contributed by atoms with Gasteiger partial charge in [-0.3, -0.25) is 14.9 Å². The standard InChI is InChI=1S/C14H17N3O3S/c1-20-12-4-2-11(3-5-12)13(19)15-14(21)17-8-6-16(10-18)7-9-17/h2-5,10H,6-9H2,1H3,(H,15,19,21). The molecule has 21 heavy (non-hydrogen) atoms. The zero-order valence-electron chi connectivity index (χ0n) is 11.7. The van der Waals surface area contributed by atoms with E-state index in [9.17, 15) is 9.59 Å². The number of piperazine rings is 1. The Bertz CT molecular complexity index is 525. The number of hydrogen-bond donors (Lipinski definition) is 1. The predicted octanol–water partition coefficient (Wildman–Crippen LogP) is 0.484. The van der Waals surface area contributed by atoms with Crippen LogP contribution in [0.5, 0.6) is 5.75 Å². The minimum atomic E-state index is -0.250. The van der Waals surface area contributed by atoms with Gasteiger partial charge in [-0.15, -0.1) is 0 Å². The molecular weight excluding hydrogens is 290 g/mol. The van der Waals surface area contributed by atoms with Gasteiger partial charge >= 0.3 is 0 Å². The molecule has 1 N–H and O–H groups in total. The van der Waals surface area contributed by atoms with Gasteiger partial charge < -0.3 is 14.5 Å². The van der Waals surface area contributed by atoms with Crippen LogP contribution in [0.2, 0.25) is 0 Å². The van der Waals surface area contributed by atoms with Gasteiger partial charge in [0.15, 0.2) is 5.11 Å². The van der Waals surface area contributed by atoms with Crippen LogP contribution in [-0.2, 0) is 4.79 Å². The number of carbonyl (C=O) groups excluding carboxylic acids is 2. The summed E-state index contributed by atoms with van der Waals surface area (Å²) in [6, 6.07) is 6.81. The summed E-state index contributed by atoms with van der Waals surface area (Å²) < 4.78 is 5.05. The summed E-state index contributed by atoms with van der Waals surface area (Å²) in [6.07, 6.45) is 0.830. The molecule has 1 aliphatic rings. The van der Waals surface area contributed by atoms with Crippen molar-refractivity contribution in [3.05, 3.63) is 29.8 Å². The first-order valence-electron chi connectivity index (χ1n) is 6.57. The van der Waals surface area contributed by atoms with Crippen LogP contribution < -0.4 is 10.1 Å². The lowest BCUT2D eigenvalue weighted by atomic mass is 10.2. The van der Waals surface area contributed by atoms with Crippen LogP contribution in [0.25, 0.3) is 0 Å². The van der Waals surface area contributed by atoms with E-state index in [1.165, 1.54) is 0 Å². The van der Waals surface area contributed by atoms with E-state index < -0.39 is 0 Å². The first kappa shape index (κ1) is 15.2. The Morgan fingerprint density at radius 2 is 1.86 bits per heavy atom. The van der Waals surface area contributed by atoms with Crippen molar-refractivity contribution in [3.63, 3.8) is 0 Å². The molecule has 1 fully saturated rings. The van der Waals surface area contributed by atoms with Gasteiger partial charge in [0.05, 0.1) is 7.11 Å². The van der Waals surface area contributed by atoms with Crippen molar-refractivity contribution >= 4 is 29.6 Å². The molecular formula is C14H17N3O3S. The lowest BCUT2D eigenvalue weighted by Crippen LogP contribution is -2.52. The second-order valence-corrected chi connectivity index (χ2v) is 5.00. The quantitative estimate of drug-likeness (QED) is 0.650. The number of nitrogens with zero attached hydrogens (tertiary/aromatic N) is 2. The number of carbonyl (C=O) groups is 2.